The third kappa shape index (κ3) is 3.95. The van der Waals surface area contributed by atoms with Crippen molar-refractivity contribution in [3.8, 4) is 0 Å². The lowest BCUT2D eigenvalue weighted by molar-refractivity contribution is 0.195. The molecule has 0 spiro atoms. The lowest BCUT2D eigenvalue weighted by atomic mass is 10.1. The zero-order chi connectivity index (χ0) is 13.8. The van der Waals surface area contributed by atoms with Crippen molar-refractivity contribution >= 4 is 5.69 Å². The highest BCUT2D eigenvalue weighted by molar-refractivity contribution is 5.49. The molecule has 1 heterocycles. The van der Waals surface area contributed by atoms with Crippen molar-refractivity contribution < 1.29 is 5.11 Å². The van der Waals surface area contributed by atoms with Gasteiger partial charge in [0.2, 0.25) is 0 Å². The molecule has 19 heavy (non-hydrogen) atoms. The first-order chi connectivity index (χ1) is 9.06. The smallest absolute Gasteiger partial charge is 0.0552 e. The van der Waals surface area contributed by atoms with Crippen molar-refractivity contribution in [2.75, 3.05) is 31.1 Å². The van der Waals surface area contributed by atoms with Crippen molar-refractivity contribution in [1.29, 1.82) is 0 Å². The van der Waals surface area contributed by atoms with Crippen LogP contribution in [0.2, 0.25) is 0 Å². The van der Waals surface area contributed by atoms with Gasteiger partial charge in [0.05, 0.1) is 6.10 Å². The summed E-state index contributed by atoms with van der Waals surface area (Å²) in [6, 6.07) is 9.24. The predicted octanol–water partition coefficient (Wildman–Crippen LogP) is 2.14. The van der Waals surface area contributed by atoms with Crippen LogP contribution in [0.1, 0.15) is 26.3 Å². The van der Waals surface area contributed by atoms with Crippen LogP contribution in [0.4, 0.5) is 5.69 Å². The number of anilines is 1. The standard InChI is InChI=1S/C16H26N2O/c1-13(2)17-7-9-18(10-8-17)16-6-4-5-15(12-16)11-14(3)19/h4-6,12-14,19H,7-11H2,1-3H3. The molecule has 3 heteroatoms. The second-order valence-corrected chi connectivity index (χ2v) is 5.84. The average Bonchev–Trinajstić information content (AvgIpc) is 2.38. The van der Waals surface area contributed by atoms with Crippen LogP contribution in [0.5, 0.6) is 0 Å². The Morgan fingerprint density at radius 3 is 2.37 bits per heavy atom. The maximum Gasteiger partial charge on any atom is 0.0552 e. The van der Waals surface area contributed by atoms with E-state index in [9.17, 15) is 5.11 Å². The van der Waals surface area contributed by atoms with E-state index < -0.39 is 0 Å². The Kier molecular flexibility index (Phi) is 4.83. The lowest BCUT2D eigenvalue weighted by Gasteiger charge is -2.38. The normalized spacial score (nSPS) is 18.9. The number of aliphatic hydroxyl groups excluding tert-OH is 1. The molecule has 1 aromatic carbocycles. The van der Waals surface area contributed by atoms with Gasteiger partial charge in [-0.15, -0.1) is 0 Å². The summed E-state index contributed by atoms with van der Waals surface area (Å²) in [5, 5.41) is 9.48. The summed E-state index contributed by atoms with van der Waals surface area (Å²) >= 11 is 0. The van der Waals surface area contributed by atoms with Gasteiger partial charge in [-0.1, -0.05) is 12.1 Å². The van der Waals surface area contributed by atoms with Gasteiger partial charge in [0.25, 0.3) is 0 Å². The van der Waals surface area contributed by atoms with Crippen LogP contribution in [0.3, 0.4) is 0 Å². The highest BCUT2D eigenvalue weighted by atomic mass is 16.3. The van der Waals surface area contributed by atoms with Crippen LogP contribution in [-0.2, 0) is 6.42 Å². The fourth-order valence-corrected chi connectivity index (χ4v) is 2.72. The molecular formula is C16H26N2O. The second-order valence-electron chi connectivity index (χ2n) is 5.84. The highest BCUT2D eigenvalue weighted by Gasteiger charge is 2.19. The van der Waals surface area contributed by atoms with Gasteiger partial charge in [0, 0.05) is 37.9 Å². The first-order valence-corrected chi connectivity index (χ1v) is 7.32. The molecule has 1 aliphatic heterocycles. The van der Waals surface area contributed by atoms with Gasteiger partial charge in [-0.3, -0.25) is 4.90 Å². The molecule has 1 fully saturated rings. The number of hydrogen-bond acceptors (Lipinski definition) is 3. The molecule has 0 aliphatic carbocycles. The number of hydrogen-bond donors (Lipinski definition) is 1. The van der Waals surface area contributed by atoms with E-state index >= 15 is 0 Å². The highest BCUT2D eigenvalue weighted by Crippen LogP contribution is 2.19. The molecule has 1 aromatic rings. The van der Waals surface area contributed by atoms with Crippen LogP contribution in [0.25, 0.3) is 0 Å². The number of benzene rings is 1. The van der Waals surface area contributed by atoms with E-state index in [1.807, 2.05) is 6.92 Å². The molecule has 1 saturated heterocycles. The topological polar surface area (TPSA) is 26.7 Å². The van der Waals surface area contributed by atoms with Gasteiger partial charge in [0.15, 0.2) is 0 Å². The van der Waals surface area contributed by atoms with Crippen molar-refractivity contribution in [3.63, 3.8) is 0 Å². The second kappa shape index (κ2) is 6.40. The van der Waals surface area contributed by atoms with E-state index in [2.05, 4.69) is 47.9 Å². The van der Waals surface area contributed by atoms with Crippen molar-refractivity contribution in [2.24, 2.45) is 0 Å². The van der Waals surface area contributed by atoms with Crippen LogP contribution in [0.15, 0.2) is 24.3 Å². The van der Waals surface area contributed by atoms with E-state index in [1.165, 1.54) is 11.3 Å². The SMILES string of the molecule is CC(O)Cc1cccc(N2CCN(C(C)C)CC2)c1. The zero-order valence-corrected chi connectivity index (χ0v) is 12.3. The zero-order valence-electron chi connectivity index (χ0n) is 12.3. The van der Waals surface area contributed by atoms with Gasteiger partial charge in [-0.25, -0.2) is 0 Å². The number of rotatable bonds is 4. The van der Waals surface area contributed by atoms with E-state index in [4.69, 9.17) is 0 Å². The number of piperazine rings is 1. The van der Waals surface area contributed by atoms with E-state index in [1.54, 1.807) is 0 Å². The third-order valence-electron chi connectivity index (χ3n) is 3.85. The summed E-state index contributed by atoms with van der Waals surface area (Å²) in [7, 11) is 0. The molecule has 0 radical (unpaired) electrons. The Morgan fingerprint density at radius 2 is 1.79 bits per heavy atom. The van der Waals surface area contributed by atoms with Gasteiger partial charge in [-0.05, 0) is 44.9 Å². The first kappa shape index (κ1) is 14.4. The maximum atomic E-state index is 9.48. The van der Waals surface area contributed by atoms with Crippen LogP contribution in [0, 0.1) is 0 Å². The van der Waals surface area contributed by atoms with E-state index in [0.29, 0.717) is 6.04 Å². The van der Waals surface area contributed by atoms with Crippen molar-refractivity contribution in [3.05, 3.63) is 29.8 Å². The molecule has 0 saturated carbocycles. The predicted molar refractivity (Wildman–Crippen MR) is 80.7 cm³/mol. The molecule has 1 N–H and O–H groups in total. The van der Waals surface area contributed by atoms with Crippen LogP contribution >= 0.6 is 0 Å². The summed E-state index contributed by atoms with van der Waals surface area (Å²) in [5.41, 5.74) is 2.51. The molecule has 0 bridgehead atoms. The Morgan fingerprint density at radius 1 is 1.11 bits per heavy atom. The Balaban J connectivity index is 1.99. The van der Waals surface area contributed by atoms with Crippen molar-refractivity contribution in [2.45, 2.75) is 39.3 Å². The molecule has 0 aromatic heterocycles. The largest absolute Gasteiger partial charge is 0.393 e. The minimum absolute atomic E-state index is 0.270. The third-order valence-corrected chi connectivity index (χ3v) is 3.85. The van der Waals surface area contributed by atoms with Crippen LogP contribution < -0.4 is 4.90 Å². The van der Waals surface area contributed by atoms with E-state index in [-0.39, 0.29) is 6.10 Å². The molecular weight excluding hydrogens is 236 g/mol. The minimum atomic E-state index is -0.270. The summed E-state index contributed by atoms with van der Waals surface area (Å²) in [4.78, 5) is 4.97. The molecule has 1 aliphatic rings. The van der Waals surface area contributed by atoms with Gasteiger partial charge >= 0.3 is 0 Å². The Hall–Kier alpha value is -1.06. The van der Waals surface area contributed by atoms with Gasteiger partial charge in [0.1, 0.15) is 0 Å². The summed E-state index contributed by atoms with van der Waals surface area (Å²) in [6.07, 6.45) is 0.466. The summed E-state index contributed by atoms with van der Waals surface area (Å²) in [6.45, 7) is 10.8. The quantitative estimate of drug-likeness (QED) is 0.900. The average molecular weight is 262 g/mol. The van der Waals surface area contributed by atoms with E-state index in [0.717, 1.165) is 32.6 Å². The van der Waals surface area contributed by atoms with Crippen LogP contribution in [-0.4, -0.2) is 48.3 Å². The molecule has 2 rings (SSSR count). The first-order valence-electron chi connectivity index (χ1n) is 7.32. The molecule has 3 nitrogen and oxygen atoms in total. The number of nitrogens with zero attached hydrogens (tertiary/aromatic N) is 2. The number of aliphatic hydroxyl groups is 1. The summed E-state index contributed by atoms with van der Waals surface area (Å²) < 4.78 is 0. The Labute approximate surface area is 116 Å². The molecule has 0 amide bonds. The summed E-state index contributed by atoms with van der Waals surface area (Å²) in [5.74, 6) is 0. The molecule has 1 unspecified atom stereocenters. The van der Waals surface area contributed by atoms with Crippen molar-refractivity contribution in [1.82, 2.24) is 4.90 Å². The van der Waals surface area contributed by atoms with Gasteiger partial charge < -0.3 is 10.0 Å². The lowest BCUT2D eigenvalue weighted by Crippen LogP contribution is -2.48. The monoisotopic (exact) mass is 262 g/mol. The Bertz CT molecular complexity index is 395. The fraction of sp³-hybridized carbons (Fsp3) is 0.625. The molecule has 106 valence electrons. The molecule has 1 atom stereocenters. The maximum absolute atomic E-state index is 9.48. The van der Waals surface area contributed by atoms with Gasteiger partial charge in [-0.2, -0.15) is 0 Å². The minimum Gasteiger partial charge on any atom is -0.393 e. The fourth-order valence-electron chi connectivity index (χ4n) is 2.72.